The van der Waals surface area contributed by atoms with Crippen molar-refractivity contribution in [1.29, 1.82) is 5.26 Å². The molecule has 0 spiro atoms. The Morgan fingerprint density at radius 1 is 1.29 bits per heavy atom. The van der Waals surface area contributed by atoms with Crippen LogP contribution < -0.4 is 5.73 Å². The van der Waals surface area contributed by atoms with Crippen molar-refractivity contribution in [2.24, 2.45) is 0 Å². The summed E-state index contributed by atoms with van der Waals surface area (Å²) in [6.07, 6.45) is 0.785. The molecule has 104 valence electrons. The summed E-state index contributed by atoms with van der Waals surface area (Å²) in [4.78, 5) is 4.65. The Bertz CT molecular complexity index is 868. The lowest BCUT2D eigenvalue weighted by Crippen LogP contribution is -2.03. The van der Waals surface area contributed by atoms with Crippen LogP contribution in [-0.2, 0) is 6.42 Å². The van der Waals surface area contributed by atoms with E-state index in [1.165, 1.54) is 0 Å². The fourth-order valence-electron chi connectivity index (χ4n) is 2.64. The van der Waals surface area contributed by atoms with Crippen LogP contribution >= 0.6 is 0 Å². The molecule has 0 aliphatic heterocycles. The molecular formula is C17H16N4. The van der Waals surface area contributed by atoms with Crippen molar-refractivity contribution >= 4 is 16.7 Å². The zero-order valence-electron chi connectivity index (χ0n) is 12.1. The predicted molar refractivity (Wildman–Crippen MR) is 84.3 cm³/mol. The summed E-state index contributed by atoms with van der Waals surface area (Å²) in [5, 5.41) is 9.47. The zero-order valence-corrected chi connectivity index (χ0v) is 12.1. The molecule has 1 heterocycles. The number of nitrogen functional groups attached to an aromatic ring is 1. The summed E-state index contributed by atoms with van der Waals surface area (Å²) in [7, 11) is 0. The summed E-state index contributed by atoms with van der Waals surface area (Å²) < 4.78 is 2.06. The second-order valence-electron chi connectivity index (χ2n) is 5.05. The van der Waals surface area contributed by atoms with Crippen LogP contribution in [0.3, 0.4) is 0 Å². The van der Waals surface area contributed by atoms with E-state index in [4.69, 9.17) is 5.73 Å². The number of hydrogen-bond acceptors (Lipinski definition) is 3. The smallest absolute Gasteiger partial charge is 0.114 e. The van der Waals surface area contributed by atoms with Crippen molar-refractivity contribution in [3.05, 3.63) is 53.3 Å². The van der Waals surface area contributed by atoms with Gasteiger partial charge in [-0.15, -0.1) is 0 Å². The van der Waals surface area contributed by atoms with Crippen LogP contribution in [0, 0.1) is 18.3 Å². The molecule has 0 saturated heterocycles. The van der Waals surface area contributed by atoms with E-state index < -0.39 is 0 Å². The first-order valence-corrected chi connectivity index (χ1v) is 6.92. The van der Waals surface area contributed by atoms with Gasteiger partial charge in [-0.05, 0) is 36.8 Å². The van der Waals surface area contributed by atoms with E-state index in [1.807, 2.05) is 43.3 Å². The quantitative estimate of drug-likeness (QED) is 0.730. The standard InChI is InChI=1S/C17H16N4/c1-3-17-20-14-9-12(19)7-8-16(14)21(17)15-6-4-5-11(2)13(15)10-18/h4-9H,3,19H2,1-2H3. The molecule has 4 heteroatoms. The number of fused-ring (bicyclic) bond motifs is 1. The number of imidazole rings is 1. The van der Waals surface area contributed by atoms with E-state index in [2.05, 4.69) is 22.5 Å². The lowest BCUT2D eigenvalue weighted by atomic mass is 10.1. The maximum atomic E-state index is 9.47. The fourth-order valence-corrected chi connectivity index (χ4v) is 2.64. The van der Waals surface area contributed by atoms with Crippen molar-refractivity contribution < 1.29 is 0 Å². The zero-order chi connectivity index (χ0) is 15.0. The van der Waals surface area contributed by atoms with Gasteiger partial charge in [0.05, 0.1) is 22.3 Å². The van der Waals surface area contributed by atoms with Gasteiger partial charge in [0.15, 0.2) is 0 Å². The third-order valence-corrected chi connectivity index (χ3v) is 3.67. The van der Waals surface area contributed by atoms with Crippen molar-refractivity contribution in [2.45, 2.75) is 20.3 Å². The first-order valence-electron chi connectivity index (χ1n) is 6.92. The first-order chi connectivity index (χ1) is 10.2. The van der Waals surface area contributed by atoms with E-state index in [0.29, 0.717) is 11.3 Å². The third-order valence-electron chi connectivity index (χ3n) is 3.67. The lowest BCUT2D eigenvalue weighted by Gasteiger charge is -2.11. The van der Waals surface area contributed by atoms with Crippen LogP contribution in [-0.4, -0.2) is 9.55 Å². The minimum atomic E-state index is 0.684. The Kier molecular flexibility index (Phi) is 3.11. The van der Waals surface area contributed by atoms with E-state index >= 15 is 0 Å². The molecule has 2 N–H and O–H groups in total. The molecule has 3 rings (SSSR count). The number of nitriles is 1. The van der Waals surface area contributed by atoms with Gasteiger partial charge in [-0.25, -0.2) is 4.98 Å². The third kappa shape index (κ3) is 2.03. The second-order valence-corrected chi connectivity index (χ2v) is 5.05. The van der Waals surface area contributed by atoms with E-state index in [9.17, 15) is 5.26 Å². The van der Waals surface area contributed by atoms with Crippen LogP contribution in [0.15, 0.2) is 36.4 Å². The largest absolute Gasteiger partial charge is 0.399 e. The summed E-state index contributed by atoms with van der Waals surface area (Å²) in [5.41, 5.74) is 10.9. The number of aromatic nitrogens is 2. The van der Waals surface area contributed by atoms with Crippen molar-refractivity contribution in [3.63, 3.8) is 0 Å². The van der Waals surface area contributed by atoms with Crippen LogP contribution in [0.2, 0.25) is 0 Å². The SMILES string of the molecule is CCc1nc2cc(N)ccc2n1-c1cccc(C)c1C#N. The Morgan fingerprint density at radius 3 is 2.81 bits per heavy atom. The van der Waals surface area contributed by atoms with Gasteiger partial charge in [-0.3, -0.25) is 4.57 Å². The lowest BCUT2D eigenvalue weighted by molar-refractivity contribution is 0.905. The van der Waals surface area contributed by atoms with Gasteiger partial charge in [0.1, 0.15) is 11.9 Å². The maximum Gasteiger partial charge on any atom is 0.114 e. The molecule has 0 atom stereocenters. The van der Waals surface area contributed by atoms with Crippen LogP contribution in [0.1, 0.15) is 23.9 Å². The summed E-state index contributed by atoms with van der Waals surface area (Å²) in [5.74, 6) is 0.928. The Balaban J connectivity index is 2.40. The molecular weight excluding hydrogens is 260 g/mol. The number of benzene rings is 2. The van der Waals surface area contributed by atoms with Crippen molar-refractivity contribution in [2.75, 3.05) is 5.73 Å². The molecule has 0 saturated carbocycles. The van der Waals surface area contributed by atoms with Gasteiger partial charge in [0, 0.05) is 12.1 Å². The Labute approximate surface area is 123 Å². The van der Waals surface area contributed by atoms with Crippen LogP contribution in [0.4, 0.5) is 5.69 Å². The number of hydrogen-bond donors (Lipinski definition) is 1. The van der Waals surface area contributed by atoms with Gasteiger partial charge < -0.3 is 5.73 Å². The second kappa shape index (κ2) is 4.95. The molecule has 0 radical (unpaired) electrons. The minimum absolute atomic E-state index is 0.684. The Hall–Kier alpha value is -2.80. The minimum Gasteiger partial charge on any atom is -0.399 e. The van der Waals surface area contributed by atoms with Crippen molar-refractivity contribution in [3.8, 4) is 11.8 Å². The summed E-state index contributed by atoms with van der Waals surface area (Å²) in [6.45, 7) is 4.01. The molecule has 3 aromatic rings. The highest BCUT2D eigenvalue weighted by molar-refractivity contribution is 5.82. The van der Waals surface area contributed by atoms with E-state index in [0.717, 1.165) is 34.5 Å². The molecule has 0 bridgehead atoms. The van der Waals surface area contributed by atoms with Gasteiger partial charge in [-0.2, -0.15) is 5.26 Å². The first kappa shape index (κ1) is 13.2. The van der Waals surface area contributed by atoms with E-state index in [-0.39, 0.29) is 0 Å². The molecule has 4 nitrogen and oxygen atoms in total. The number of nitrogens with two attached hydrogens (primary N) is 1. The Morgan fingerprint density at radius 2 is 2.10 bits per heavy atom. The van der Waals surface area contributed by atoms with Crippen LogP contribution in [0.25, 0.3) is 16.7 Å². The summed E-state index contributed by atoms with van der Waals surface area (Å²) >= 11 is 0. The highest BCUT2D eigenvalue weighted by Gasteiger charge is 2.15. The average Bonchev–Trinajstić information content (AvgIpc) is 2.84. The molecule has 1 aromatic heterocycles. The monoisotopic (exact) mass is 276 g/mol. The van der Waals surface area contributed by atoms with Gasteiger partial charge >= 0.3 is 0 Å². The maximum absolute atomic E-state index is 9.47. The molecule has 0 aliphatic carbocycles. The predicted octanol–water partition coefficient (Wildman–Crippen LogP) is 3.35. The molecule has 2 aromatic carbocycles. The molecule has 0 unspecified atom stereocenters. The number of aryl methyl sites for hydroxylation is 2. The average molecular weight is 276 g/mol. The molecule has 0 fully saturated rings. The normalized spacial score (nSPS) is 10.7. The molecule has 0 amide bonds. The number of rotatable bonds is 2. The fraction of sp³-hybridized carbons (Fsp3) is 0.176. The van der Waals surface area contributed by atoms with E-state index in [1.54, 1.807) is 0 Å². The van der Waals surface area contributed by atoms with Crippen molar-refractivity contribution in [1.82, 2.24) is 9.55 Å². The summed E-state index contributed by atoms with van der Waals surface area (Å²) in [6, 6.07) is 13.9. The number of nitrogens with zero attached hydrogens (tertiary/aromatic N) is 3. The highest BCUT2D eigenvalue weighted by atomic mass is 15.1. The highest BCUT2D eigenvalue weighted by Crippen LogP contribution is 2.26. The molecule has 0 aliphatic rings. The van der Waals surface area contributed by atoms with Crippen LogP contribution in [0.5, 0.6) is 0 Å². The van der Waals surface area contributed by atoms with Gasteiger partial charge in [0.2, 0.25) is 0 Å². The number of anilines is 1. The van der Waals surface area contributed by atoms with Gasteiger partial charge in [0.25, 0.3) is 0 Å². The van der Waals surface area contributed by atoms with Gasteiger partial charge in [-0.1, -0.05) is 19.1 Å². The topological polar surface area (TPSA) is 67.6 Å². The molecule has 21 heavy (non-hydrogen) atoms.